The Bertz CT molecular complexity index is 448. The van der Waals surface area contributed by atoms with Gasteiger partial charge in [0, 0.05) is 36.1 Å². The molecule has 1 aromatic rings. The highest BCUT2D eigenvalue weighted by molar-refractivity contribution is 5.71. The number of hydrogen-bond acceptors (Lipinski definition) is 2. The van der Waals surface area contributed by atoms with Crippen molar-refractivity contribution in [1.82, 2.24) is 0 Å². The minimum atomic E-state index is 0.815. The molecule has 1 atom stereocenters. The molecule has 0 saturated heterocycles. The summed E-state index contributed by atoms with van der Waals surface area (Å²) in [6.07, 6.45) is 8.35. The SMILES string of the molecule is c1cc2c3c(c1)N(C1CCCC1)CCC3CCN2. The van der Waals surface area contributed by atoms with Gasteiger partial charge in [0.25, 0.3) is 0 Å². The fourth-order valence-electron chi connectivity index (χ4n) is 4.21. The van der Waals surface area contributed by atoms with Crippen molar-refractivity contribution in [2.45, 2.75) is 50.5 Å². The van der Waals surface area contributed by atoms with Gasteiger partial charge in [-0.15, -0.1) is 0 Å². The first-order chi connectivity index (χ1) is 8.93. The van der Waals surface area contributed by atoms with Gasteiger partial charge in [-0.3, -0.25) is 0 Å². The first kappa shape index (κ1) is 10.7. The largest absolute Gasteiger partial charge is 0.385 e. The van der Waals surface area contributed by atoms with Crippen molar-refractivity contribution in [2.24, 2.45) is 0 Å². The van der Waals surface area contributed by atoms with Gasteiger partial charge in [0.15, 0.2) is 0 Å². The molecule has 18 heavy (non-hydrogen) atoms. The van der Waals surface area contributed by atoms with E-state index in [0.717, 1.165) is 18.5 Å². The molecule has 3 aliphatic rings. The van der Waals surface area contributed by atoms with Gasteiger partial charge in [0.2, 0.25) is 0 Å². The lowest BCUT2D eigenvalue weighted by atomic mass is 9.83. The molecule has 0 aromatic heterocycles. The van der Waals surface area contributed by atoms with Gasteiger partial charge in [-0.2, -0.15) is 0 Å². The lowest BCUT2D eigenvalue weighted by Crippen LogP contribution is -2.39. The molecule has 0 bridgehead atoms. The Morgan fingerprint density at radius 1 is 1.06 bits per heavy atom. The summed E-state index contributed by atoms with van der Waals surface area (Å²) in [6.45, 7) is 2.44. The summed E-state index contributed by atoms with van der Waals surface area (Å²) in [5, 5.41) is 3.59. The lowest BCUT2D eigenvalue weighted by molar-refractivity contribution is 0.501. The molecule has 96 valence electrons. The molecular weight excluding hydrogens is 220 g/mol. The fourth-order valence-corrected chi connectivity index (χ4v) is 4.21. The first-order valence-corrected chi connectivity index (χ1v) is 7.57. The Morgan fingerprint density at radius 2 is 1.94 bits per heavy atom. The maximum absolute atomic E-state index is 3.59. The molecule has 0 amide bonds. The summed E-state index contributed by atoms with van der Waals surface area (Å²) < 4.78 is 0. The van der Waals surface area contributed by atoms with Gasteiger partial charge in [0.1, 0.15) is 0 Å². The maximum atomic E-state index is 3.59. The summed E-state index contributed by atoms with van der Waals surface area (Å²) in [4.78, 5) is 2.72. The molecule has 0 radical (unpaired) electrons. The number of nitrogens with one attached hydrogen (secondary N) is 1. The molecule has 2 aliphatic heterocycles. The zero-order valence-electron chi connectivity index (χ0n) is 11.0. The summed E-state index contributed by atoms with van der Waals surface area (Å²) in [5.74, 6) is 0.815. The molecule has 1 fully saturated rings. The van der Waals surface area contributed by atoms with Crippen LogP contribution in [0.3, 0.4) is 0 Å². The summed E-state index contributed by atoms with van der Waals surface area (Å²) >= 11 is 0. The number of hydrogen-bond donors (Lipinski definition) is 1. The highest BCUT2D eigenvalue weighted by atomic mass is 15.2. The van der Waals surface area contributed by atoms with Crippen LogP contribution in [0, 0.1) is 0 Å². The monoisotopic (exact) mass is 242 g/mol. The summed E-state index contributed by atoms with van der Waals surface area (Å²) in [7, 11) is 0. The Kier molecular flexibility index (Phi) is 2.49. The van der Waals surface area contributed by atoms with Crippen LogP contribution in [0.2, 0.25) is 0 Å². The van der Waals surface area contributed by atoms with E-state index in [0.29, 0.717) is 0 Å². The van der Waals surface area contributed by atoms with E-state index in [2.05, 4.69) is 28.4 Å². The maximum Gasteiger partial charge on any atom is 0.0424 e. The summed E-state index contributed by atoms with van der Waals surface area (Å²) in [6, 6.07) is 7.68. The zero-order chi connectivity index (χ0) is 11.9. The molecule has 1 unspecified atom stereocenters. The Balaban J connectivity index is 1.77. The van der Waals surface area contributed by atoms with Crippen LogP contribution in [-0.4, -0.2) is 19.1 Å². The zero-order valence-corrected chi connectivity index (χ0v) is 11.0. The van der Waals surface area contributed by atoms with E-state index in [-0.39, 0.29) is 0 Å². The van der Waals surface area contributed by atoms with Crippen LogP contribution >= 0.6 is 0 Å². The van der Waals surface area contributed by atoms with Crippen LogP contribution in [0.5, 0.6) is 0 Å². The van der Waals surface area contributed by atoms with E-state index in [1.165, 1.54) is 50.8 Å². The van der Waals surface area contributed by atoms with Crippen LogP contribution in [0.15, 0.2) is 18.2 Å². The highest BCUT2D eigenvalue weighted by Crippen LogP contribution is 2.45. The average molecular weight is 242 g/mol. The lowest BCUT2D eigenvalue weighted by Gasteiger charge is -2.42. The van der Waals surface area contributed by atoms with Crippen LogP contribution in [0.1, 0.15) is 50.0 Å². The average Bonchev–Trinajstić information content (AvgIpc) is 2.94. The van der Waals surface area contributed by atoms with E-state index in [1.54, 1.807) is 11.3 Å². The molecule has 2 heteroatoms. The third-order valence-corrected chi connectivity index (χ3v) is 5.09. The number of benzene rings is 1. The number of nitrogens with zero attached hydrogens (tertiary/aromatic N) is 1. The minimum Gasteiger partial charge on any atom is -0.385 e. The van der Waals surface area contributed by atoms with Gasteiger partial charge in [-0.25, -0.2) is 0 Å². The molecule has 1 aromatic carbocycles. The second-order valence-corrected chi connectivity index (χ2v) is 6.07. The normalized spacial score (nSPS) is 26.9. The predicted molar refractivity (Wildman–Crippen MR) is 76.5 cm³/mol. The molecule has 1 N–H and O–H groups in total. The molecule has 2 heterocycles. The smallest absolute Gasteiger partial charge is 0.0424 e. The predicted octanol–water partition coefficient (Wildman–Crippen LogP) is 3.74. The fraction of sp³-hybridized carbons (Fsp3) is 0.625. The van der Waals surface area contributed by atoms with Crippen molar-refractivity contribution < 1.29 is 0 Å². The first-order valence-electron chi connectivity index (χ1n) is 7.57. The highest BCUT2D eigenvalue weighted by Gasteiger charge is 2.33. The van der Waals surface area contributed by atoms with E-state index in [9.17, 15) is 0 Å². The Hall–Kier alpha value is -1.18. The molecule has 4 rings (SSSR count). The quantitative estimate of drug-likeness (QED) is 0.807. The number of rotatable bonds is 1. The molecule has 1 aliphatic carbocycles. The third kappa shape index (κ3) is 1.54. The van der Waals surface area contributed by atoms with E-state index in [4.69, 9.17) is 0 Å². The van der Waals surface area contributed by atoms with Gasteiger partial charge < -0.3 is 10.2 Å². The third-order valence-electron chi connectivity index (χ3n) is 5.09. The molecular formula is C16H22N2. The second kappa shape index (κ2) is 4.18. The van der Waals surface area contributed by atoms with Crippen molar-refractivity contribution >= 4 is 11.4 Å². The number of anilines is 2. The van der Waals surface area contributed by atoms with Crippen molar-refractivity contribution in [2.75, 3.05) is 23.3 Å². The van der Waals surface area contributed by atoms with Crippen molar-refractivity contribution in [3.8, 4) is 0 Å². The Morgan fingerprint density at radius 3 is 2.83 bits per heavy atom. The molecule has 1 saturated carbocycles. The van der Waals surface area contributed by atoms with E-state index < -0.39 is 0 Å². The topological polar surface area (TPSA) is 15.3 Å². The van der Waals surface area contributed by atoms with Crippen LogP contribution in [-0.2, 0) is 0 Å². The van der Waals surface area contributed by atoms with Crippen molar-refractivity contribution in [3.05, 3.63) is 23.8 Å². The van der Waals surface area contributed by atoms with Crippen molar-refractivity contribution in [3.63, 3.8) is 0 Å². The molecule has 2 nitrogen and oxygen atoms in total. The van der Waals surface area contributed by atoms with Crippen molar-refractivity contribution in [1.29, 1.82) is 0 Å². The van der Waals surface area contributed by atoms with Crippen LogP contribution in [0.4, 0.5) is 11.4 Å². The Labute approximate surface area is 109 Å². The van der Waals surface area contributed by atoms with Gasteiger partial charge in [-0.1, -0.05) is 18.9 Å². The standard InChI is InChI=1S/C16H22N2/c1-2-5-13(4-1)18-11-9-12-8-10-17-14-6-3-7-15(18)16(12)14/h3,6-7,12-13,17H,1-2,4-5,8-11H2. The molecule has 0 spiro atoms. The van der Waals surface area contributed by atoms with E-state index >= 15 is 0 Å². The second-order valence-electron chi connectivity index (χ2n) is 6.07. The summed E-state index contributed by atoms with van der Waals surface area (Å²) in [5.41, 5.74) is 4.58. The van der Waals surface area contributed by atoms with Gasteiger partial charge >= 0.3 is 0 Å². The van der Waals surface area contributed by atoms with Crippen LogP contribution < -0.4 is 10.2 Å². The van der Waals surface area contributed by atoms with E-state index in [1.807, 2.05) is 0 Å². The van der Waals surface area contributed by atoms with Crippen LogP contribution in [0.25, 0.3) is 0 Å². The van der Waals surface area contributed by atoms with Gasteiger partial charge in [0.05, 0.1) is 0 Å². The van der Waals surface area contributed by atoms with Gasteiger partial charge in [-0.05, 0) is 43.7 Å². The minimum absolute atomic E-state index is 0.815.